The van der Waals surface area contributed by atoms with E-state index in [9.17, 15) is 18.0 Å². The quantitative estimate of drug-likeness (QED) is 0.356. The van der Waals surface area contributed by atoms with E-state index in [0.29, 0.717) is 18.7 Å². The molecule has 3 rings (SSSR count). The van der Waals surface area contributed by atoms with Crippen molar-refractivity contribution in [2.24, 2.45) is 0 Å². The Hall–Kier alpha value is -3.65. The molecule has 0 radical (unpaired) electrons. The summed E-state index contributed by atoms with van der Waals surface area (Å²) in [4.78, 5) is 29.0. The van der Waals surface area contributed by atoms with E-state index in [1.807, 2.05) is 94.4 Å². The molecule has 208 valence electrons. The molecule has 1 unspecified atom stereocenters. The molecule has 0 aliphatic carbocycles. The van der Waals surface area contributed by atoms with Gasteiger partial charge in [0.15, 0.2) is 0 Å². The van der Waals surface area contributed by atoms with Crippen LogP contribution in [0.2, 0.25) is 0 Å². The van der Waals surface area contributed by atoms with Crippen molar-refractivity contribution >= 4 is 27.5 Å². The lowest BCUT2D eigenvalue weighted by Crippen LogP contribution is -2.53. The lowest BCUT2D eigenvalue weighted by atomic mass is 10.0. The highest BCUT2D eigenvalue weighted by Crippen LogP contribution is 2.29. The SMILES string of the molecule is CCNC(=O)C(Cc1ccccc1)N(Cc1ccc(C)cc1)C(=O)CN(c1ccccc1C(C)C)S(C)(=O)=O. The summed E-state index contributed by atoms with van der Waals surface area (Å²) in [6.45, 7) is 7.93. The van der Waals surface area contributed by atoms with Gasteiger partial charge in [-0.15, -0.1) is 0 Å². The van der Waals surface area contributed by atoms with E-state index in [1.54, 1.807) is 12.1 Å². The number of nitrogens with zero attached hydrogens (tertiary/aromatic N) is 2. The molecule has 39 heavy (non-hydrogen) atoms. The van der Waals surface area contributed by atoms with Gasteiger partial charge in [0.05, 0.1) is 11.9 Å². The molecule has 2 amide bonds. The number of para-hydroxylation sites is 1. The summed E-state index contributed by atoms with van der Waals surface area (Å²) >= 11 is 0. The van der Waals surface area contributed by atoms with Crippen molar-refractivity contribution < 1.29 is 18.0 Å². The normalized spacial score (nSPS) is 12.2. The number of aryl methyl sites for hydroxylation is 1. The summed E-state index contributed by atoms with van der Waals surface area (Å²) in [6, 6.07) is 23.7. The molecule has 1 N–H and O–H groups in total. The minimum absolute atomic E-state index is 0.0466. The Balaban J connectivity index is 2.07. The number of sulfonamides is 1. The first kappa shape index (κ1) is 29.9. The first-order valence-electron chi connectivity index (χ1n) is 13.2. The Morgan fingerprint density at radius 2 is 1.49 bits per heavy atom. The highest BCUT2D eigenvalue weighted by molar-refractivity contribution is 7.92. The summed E-state index contributed by atoms with van der Waals surface area (Å²) in [6.07, 6.45) is 1.40. The van der Waals surface area contributed by atoms with Gasteiger partial charge in [0.1, 0.15) is 12.6 Å². The smallest absolute Gasteiger partial charge is 0.244 e. The minimum Gasteiger partial charge on any atom is -0.355 e. The summed E-state index contributed by atoms with van der Waals surface area (Å²) in [5.74, 6) is -0.688. The molecule has 0 spiro atoms. The van der Waals surface area contributed by atoms with Crippen molar-refractivity contribution in [1.82, 2.24) is 10.2 Å². The second kappa shape index (κ2) is 13.4. The van der Waals surface area contributed by atoms with Crippen LogP contribution >= 0.6 is 0 Å². The lowest BCUT2D eigenvalue weighted by Gasteiger charge is -2.34. The molecule has 3 aromatic rings. The number of amides is 2. The van der Waals surface area contributed by atoms with Crippen LogP contribution in [0.15, 0.2) is 78.9 Å². The van der Waals surface area contributed by atoms with E-state index < -0.39 is 28.5 Å². The number of hydrogen-bond acceptors (Lipinski definition) is 4. The third-order valence-electron chi connectivity index (χ3n) is 6.60. The lowest BCUT2D eigenvalue weighted by molar-refractivity contribution is -0.140. The van der Waals surface area contributed by atoms with Crippen LogP contribution in [0, 0.1) is 6.92 Å². The van der Waals surface area contributed by atoms with E-state index in [4.69, 9.17) is 0 Å². The number of likely N-dealkylation sites (N-methyl/N-ethyl adjacent to an activating group) is 1. The van der Waals surface area contributed by atoms with Crippen molar-refractivity contribution in [3.63, 3.8) is 0 Å². The topological polar surface area (TPSA) is 86.8 Å². The van der Waals surface area contributed by atoms with Gasteiger partial charge in [-0.2, -0.15) is 0 Å². The number of hydrogen-bond donors (Lipinski definition) is 1. The maximum Gasteiger partial charge on any atom is 0.244 e. The van der Waals surface area contributed by atoms with E-state index in [1.165, 1.54) is 4.90 Å². The molecule has 0 saturated heterocycles. The van der Waals surface area contributed by atoms with Crippen LogP contribution in [0.1, 0.15) is 48.9 Å². The molecule has 7 nitrogen and oxygen atoms in total. The highest BCUT2D eigenvalue weighted by atomic mass is 32.2. The molecule has 1 atom stereocenters. The molecule has 0 heterocycles. The average molecular weight is 550 g/mol. The third-order valence-corrected chi connectivity index (χ3v) is 7.73. The second-order valence-corrected chi connectivity index (χ2v) is 12.0. The summed E-state index contributed by atoms with van der Waals surface area (Å²) in [7, 11) is -3.81. The Morgan fingerprint density at radius 3 is 2.08 bits per heavy atom. The zero-order valence-corrected chi connectivity index (χ0v) is 24.2. The molecule has 8 heteroatoms. The molecule has 3 aromatic carbocycles. The largest absolute Gasteiger partial charge is 0.355 e. The van der Waals surface area contributed by atoms with Gasteiger partial charge in [-0.25, -0.2) is 8.42 Å². The molecule has 0 saturated carbocycles. The fraction of sp³-hybridized carbons (Fsp3) is 0.355. The number of carbonyl (C=O) groups excluding carboxylic acids is 2. The van der Waals surface area contributed by atoms with Crippen LogP contribution < -0.4 is 9.62 Å². The average Bonchev–Trinajstić information content (AvgIpc) is 2.90. The summed E-state index contributed by atoms with van der Waals surface area (Å²) in [5.41, 5.74) is 4.13. The first-order valence-corrected chi connectivity index (χ1v) is 15.1. The predicted octanol–water partition coefficient (Wildman–Crippen LogP) is 4.66. The number of nitrogens with one attached hydrogen (secondary N) is 1. The van der Waals surface area contributed by atoms with Crippen LogP contribution in [0.25, 0.3) is 0 Å². The Bertz CT molecular complexity index is 1360. The van der Waals surface area contributed by atoms with Crippen LogP contribution in [0.3, 0.4) is 0 Å². The standard InChI is InChI=1S/C31H39N3O4S/c1-6-32-31(36)29(20-25-12-8-7-9-13-25)33(21-26-18-16-24(4)17-19-26)30(35)22-34(39(5,37)38)28-15-11-10-14-27(28)23(2)3/h7-19,23,29H,6,20-22H2,1-5H3,(H,32,36). The third kappa shape index (κ3) is 8.17. The zero-order chi connectivity index (χ0) is 28.6. The van der Waals surface area contributed by atoms with Crippen LogP contribution in [0.5, 0.6) is 0 Å². The first-order chi connectivity index (χ1) is 18.5. The van der Waals surface area contributed by atoms with Gasteiger partial charge in [0.25, 0.3) is 0 Å². The molecule has 0 aromatic heterocycles. The van der Waals surface area contributed by atoms with Crippen molar-refractivity contribution in [3.8, 4) is 0 Å². The van der Waals surface area contributed by atoms with E-state index >= 15 is 0 Å². The van der Waals surface area contributed by atoms with Gasteiger partial charge in [0.2, 0.25) is 21.8 Å². The van der Waals surface area contributed by atoms with E-state index in [-0.39, 0.29) is 18.4 Å². The molecular weight excluding hydrogens is 510 g/mol. The van der Waals surface area contributed by atoms with Crippen molar-refractivity contribution in [3.05, 3.63) is 101 Å². The van der Waals surface area contributed by atoms with Gasteiger partial charge in [-0.05, 0) is 42.5 Å². The van der Waals surface area contributed by atoms with Gasteiger partial charge >= 0.3 is 0 Å². The minimum atomic E-state index is -3.81. The number of rotatable bonds is 12. The maximum atomic E-state index is 14.1. The molecule has 0 bridgehead atoms. The Labute approximate surface area is 232 Å². The number of benzene rings is 3. The molecule has 0 aliphatic rings. The maximum absolute atomic E-state index is 14.1. The number of carbonyl (C=O) groups is 2. The van der Waals surface area contributed by atoms with E-state index in [0.717, 1.165) is 32.8 Å². The van der Waals surface area contributed by atoms with Crippen molar-refractivity contribution in [2.75, 3.05) is 23.7 Å². The Morgan fingerprint density at radius 1 is 0.872 bits per heavy atom. The van der Waals surface area contributed by atoms with Crippen LogP contribution in [-0.2, 0) is 32.6 Å². The summed E-state index contributed by atoms with van der Waals surface area (Å²) in [5, 5.41) is 2.87. The Kier molecular flexibility index (Phi) is 10.3. The predicted molar refractivity (Wildman–Crippen MR) is 157 cm³/mol. The van der Waals surface area contributed by atoms with Crippen molar-refractivity contribution in [1.29, 1.82) is 0 Å². The molecular formula is C31H39N3O4S. The van der Waals surface area contributed by atoms with E-state index in [2.05, 4.69) is 5.32 Å². The van der Waals surface area contributed by atoms with Gasteiger partial charge in [-0.1, -0.05) is 92.2 Å². The monoisotopic (exact) mass is 549 g/mol. The molecule has 0 aliphatic heterocycles. The fourth-order valence-electron chi connectivity index (χ4n) is 4.53. The second-order valence-electron chi connectivity index (χ2n) is 10.1. The van der Waals surface area contributed by atoms with Crippen LogP contribution in [-0.4, -0.2) is 50.5 Å². The molecule has 0 fully saturated rings. The fourth-order valence-corrected chi connectivity index (χ4v) is 5.40. The number of anilines is 1. The van der Waals surface area contributed by atoms with Crippen LogP contribution in [0.4, 0.5) is 5.69 Å². The van der Waals surface area contributed by atoms with Crippen molar-refractivity contribution in [2.45, 2.75) is 52.6 Å². The van der Waals surface area contributed by atoms with Gasteiger partial charge in [-0.3, -0.25) is 13.9 Å². The summed E-state index contributed by atoms with van der Waals surface area (Å²) < 4.78 is 27.2. The van der Waals surface area contributed by atoms with Gasteiger partial charge < -0.3 is 10.2 Å². The van der Waals surface area contributed by atoms with Gasteiger partial charge in [0, 0.05) is 19.5 Å². The zero-order valence-electron chi connectivity index (χ0n) is 23.4. The highest BCUT2D eigenvalue weighted by Gasteiger charge is 2.33.